The summed E-state index contributed by atoms with van der Waals surface area (Å²) in [7, 11) is 0. The molecule has 0 heterocycles. The predicted octanol–water partition coefficient (Wildman–Crippen LogP) is 8.57. The number of azo groups is 1. The average Bonchev–Trinajstić information content (AvgIpc) is 2.74. The monoisotopic (exact) mass is 380 g/mol. The van der Waals surface area contributed by atoms with Crippen molar-refractivity contribution < 1.29 is 4.74 Å². The van der Waals surface area contributed by atoms with E-state index < -0.39 is 0 Å². The van der Waals surface area contributed by atoms with Crippen LogP contribution in [0.25, 0.3) is 0 Å². The lowest BCUT2D eigenvalue weighted by molar-refractivity contribution is 0.305. The van der Waals surface area contributed by atoms with Gasteiger partial charge in [-0.1, -0.05) is 70.9 Å². The first-order valence-corrected chi connectivity index (χ1v) is 11.1. The maximum atomic E-state index is 5.76. The largest absolute Gasteiger partial charge is 0.494 e. The van der Waals surface area contributed by atoms with Gasteiger partial charge in [-0.15, -0.1) is 0 Å². The van der Waals surface area contributed by atoms with Gasteiger partial charge in [0.25, 0.3) is 0 Å². The van der Waals surface area contributed by atoms with Gasteiger partial charge in [-0.3, -0.25) is 0 Å². The zero-order valence-corrected chi connectivity index (χ0v) is 17.7. The first-order valence-electron chi connectivity index (χ1n) is 11.1. The fraction of sp³-hybridized carbons (Fsp3) is 0.520. The number of ether oxygens (including phenoxy) is 1. The predicted molar refractivity (Wildman–Crippen MR) is 119 cm³/mol. The Kier molecular flexibility index (Phi) is 11.0. The van der Waals surface area contributed by atoms with Crippen molar-refractivity contribution in [1.29, 1.82) is 0 Å². The molecular weight excluding hydrogens is 344 g/mol. The van der Waals surface area contributed by atoms with Crippen molar-refractivity contribution in [3.05, 3.63) is 54.1 Å². The van der Waals surface area contributed by atoms with Gasteiger partial charge in [0, 0.05) is 0 Å². The second kappa shape index (κ2) is 13.9. The molecule has 0 aliphatic carbocycles. The van der Waals surface area contributed by atoms with Gasteiger partial charge < -0.3 is 4.74 Å². The normalized spacial score (nSPS) is 11.2. The molecule has 2 rings (SSSR count). The molecular formula is C25H36N2O. The number of benzene rings is 2. The summed E-state index contributed by atoms with van der Waals surface area (Å²) >= 11 is 0. The number of rotatable bonds is 14. The molecule has 3 nitrogen and oxygen atoms in total. The second-order valence-corrected chi connectivity index (χ2v) is 7.43. The Labute approximate surface area is 171 Å². The molecule has 0 N–H and O–H groups in total. The Hall–Kier alpha value is -2.16. The average molecular weight is 381 g/mol. The number of nitrogens with zero attached hydrogens (tertiary/aromatic N) is 2. The van der Waals surface area contributed by atoms with Crippen LogP contribution < -0.4 is 4.74 Å². The molecule has 152 valence electrons. The van der Waals surface area contributed by atoms with Gasteiger partial charge in [0.1, 0.15) is 5.75 Å². The first-order chi connectivity index (χ1) is 13.8. The Morgan fingerprint density at radius 3 is 1.75 bits per heavy atom. The van der Waals surface area contributed by atoms with Crippen molar-refractivity contribution >= 4 is 11.4 Å². The molecule has 0 aliphatic rings. The minimum absolute atomic E-state index is 0.784. The van der Waals surface area contributed by atoms with Gasteiger partial charge in [0.15, 0.2) is 0 Å². The van der Waals surface area contributed by atoms with E-state index in [-0.39, 0.29) is 0 Å². The highest BCUT2D eigenvalue weighted by Crippen LogP contribution is 2.22. The van der Waals surface area contributed by atoms with Crippen LogP contribution >= 0.6 is 0 Å². The van der Waals surface area contributed by atoms with Crippen molar-refractivity contribution in [3.63, 3.8) is 0 Å². The Bertz CT molecular complexity index is 602. The van der Waals surface area contributed by atoms with Crippen molar-refractivity contribution in [2.75, 3.05) is 6.61 Å². The van der Waals surface area contributed by atoms with Crippen molar-refractivity contribution in [3.8, 4) is 5.75 Å². The summed E-state index contributed by atoms with van der Waals surface area (Å²) in [6.45, 7) is 5.26. The zero-order chi connectivity index (χ0) is 19.9. The third kappa shape index (κ3) is 9.16. The highest BCUT2D eigenvalue weighted by atomic mass is 16.5. The minimum atomic E-state index is 0.784. The first kappa shape index (κ1) is 22.1. The van der Waals surface area contributed by atoms with Gasteiger partial charge in [-0.2, -0.15) is 10.2 Å². The van der Waals surface area contributed by atoms with E-state index in [9.17, 15) is 0 Å². The zero-order valence-electron chi connectivity index (χ0n) is 17.7. The fourth-order valence-corrected chi connectivity index (χ4v) is 3.11. The summed E-state index contributed by atoms with van der Waals surface area (Å²) in [5.41, 5.74) is 3.13. The second-order valence-electron chi connectivity index (χ2n) is 7.43. The maximum Gasteiger partial charge on any atom is 0.119 e. The summed E-state index contributed by atoms with van der Waals surface area (Å²) in [5.74, 6) is 0.902. The van der Waals surface area contributed by atoms with Crippen LogP contribution in [-0.4, -0.2) is 6.61 Å². The van der Waals surface area contributed by atoms with E-state index in [1.54, 1.807) is 0 Å². The van der Waals surface area contributed by atoms with Gasteiger partial charge in [-0.25, -0.2) is 0 Å². The molecule has 0 unspecified atom stereocenters. The van der Waals surface area contributed by atoms with Crippen LogP contribution in [0.15, 0.2) is 58.8 Å². The SMILES string of the molecule is CCCCCCCc1ccc(N=Nc2ccc(OCCCCCC)cc2)cc1. The Morgan fingerprint density at radius 2 is 1.14 bits per heavy atom. The maximum absolute atomic E-state index is 5.76. The van der Waals surface area contributed by atoms with Crippen LogP contribution in [0.3, 0.4) is 0 Å². The van der Waals surface area contributed by atoms with Gasteiger partial charge in [0.05, 0.1) is 18.0 Å². The minimum Gasteiger partial charge on any atom is -0.494 e. The molecule has 0 amide bonds. The standard InChI is InChI=1S/C25H36N2O/c1-3-5-7-9-10-12-22-13-15-23(16-14-22)26-27-24-17-19-25(20-18-24)28-21-11-8-6-4-2/h13-20H,3-12,21H2,1-2H3. The molecule has 0 saturated heterocycles. The summed E-state index contributed by atoms with van der Waals surface area (Å²) in [4.78, 5) is 0. The molecule has 0 fully saturated rings. The number of aryl methyl sites for hydroxylation is 1. The summed E-state index contributed by atoms with van der Waals surface area (Å²) in [6, 6.07) is 16.3. The molecule has 0 bridgehead atoms. The Balaban J connectivity index is 1.73. The van der Waals surface area contributed by atoms with E-state index in [0.717, 1.165) is 36.6 Å². The molecule has 0 aliphatic heterocycles. The molecule has 0 atom stereocenters. The van der Waals surface area contributed by atoms with Crippen LogP contribution in [0.2, 0.25) is 0 Å². The third-order valence-corrected chi connectivity index (χ3v) is 4.89. The molecule has 0 radical (unpaired) electrons. The van der Waals surface area contributed by atoms with Crippen LogP contribution in [0.4, 0.5) is 11.4 Å². The molecule has 0 aromatic heterocycles. The van der Waals surface area contributed by atoms with E-state index in [1.807, 2.05) is 24.3 Å². The smallest absolute Gasteiger partial charge is 0.119 e. The number of hydrogen-bond donors (Lipinski definition) is 0. The van der Waals surface area contributed by atoms with Crippen molar-refractivity contribution in [1.82, 2.24) is 0 Å². The molecule has 3 heteroatoms. The summed E-state index contributed by atoms with van der Waals surface area (Å²) in [5, 5.41) is 8.68. The highest BCUT2D eigenvalue weighted by molar-refractivity contribution is 5.43. The van der Waals surface area contributed by atoms with Gasteiger partial charge in [0.2, 0.25) is 0 Å². The summed E-state index contributed by atoms with van der Waals surface area (Å²) < 4.78 is 5.76. The lowest BCUT2D eigenvalue weighted by atomic mass is 10.1. The molecule has 0 spiro atoms. The van der Waals surface area contributed by atoms with Crippen LogP contribution in [0.5, 0.6) is 5.75 Å². The molecule has 0 saturated carbocycles. The number of unbranched alkanes of at least 4 members (excludes halogenated alkanes) is 7. The molecule has 2 aromatic carbocycles. The summed E-state index contributed by atoms with van der Waals surface area (Å²) in [6.07, 6.45) is 12.6. The fourth-order valence-electron chi connectivity index (χ4n) is 3.11. The quantitative estimate of drug-likeness (QED) is 0.239. The topological polar surface area (TPSA) is 34.0 Å². The molecule has 2 aromatic rings. The van der Waals surface area contributed by atoms with E-state index in [4.69, 9.17) is 4.74 Å². The lowest BCUT2D eigenvalue weighted by Crippen LogP contribution is -1.96. The van der Waals surface area contributed by atoms with Gasteiger partial charge in [-0.05, 0) is 61.2 Å². The van der Waals surface area contributed by atoms with E-state index in [2.05, 4.69) is 48.3 Å². The van der Waals surface area contributed by atoms with E-state index in [0.29, 0.717) is 0 Å². The van der Waals surface area contributed by atoms with Crippen LogP contribution in [-0.2, 0) is 6.42 Å². The van der Waals surface area contributed by atoms with E-state index >= 15 is 0 Å². The van der Waals surface area contributed by atoms with Crippen LogP contribution in [0, 0.1) is 0 Å². The van der Waals surface area contributed by atoms with Crippen LogP contribution in [0.1, 0.15) is 77.2 Å². The Morgan fingerprint density at radius 1 is 0.607 bits per heavy atom. The third-order valence-electron chi connectivity index (χ3n) is 4.89. The van der Waals surface area contributed by atoms with Crippen molar-refractivity contribution in [2.24, 2.45) is 10.2 Å². The van der Waals surface area contributed by atoms with Crippen molar-refractivity contribution in [2.45, 2.75) is 78.1 Å². The lowest BCUT2D eigenvalue weighted by Gasteiger charge is -2.05. The highest BCUT2D eigenvalue weighted by Gasteiger charge is 1.97. The van der Waals surface area contributed by atoms with E-state index in [1.165, 1.54) is 56.9 Å². The molecule has 28 heavy (non-hydrogen) atoms. The number of hydrogen-bond acceptors (Lipinski definition) is 3. The van der Waals surface area contributed by atoms with Gasteiger partial charge >= 0.3 is 0 Å².